The van der Waals surface area contributed by atoms with Crippen molar-refractivity contribution >= 4 is 35.1 Å². The van der Waals surface area contributed by atoms with Crippen LogP contribution in [0.15, 0.2) is 77.0 Å². The van der Waals surface area contributed by atoms with Crippen LogP contribution < -0.4 is 15.0 Å². The Bertz CT molecular complexity index is 1250. The molecule has 0 bridgehead atoms. The number of hydrogen-bond donors (Lipinski definition) is 1. The van der Waals surface area contributed by atoms with E-state index in [4.69, 9.17) is 9.47 Å². The first-order chi connectivity index (χ1) is 16.1. The van der Waals surface area contributed by atoms with Crippen molar-refractivity contribution in [2.75, 3.05) is 31.0 Å². The molecule has 7 heteroatoms. The Morgan fingerprint density at radius 3 is 2.70 bits per heavy atom. The van der Waals surface area contributed by atoms with Gasteiger partial charge in [0.2, 0.25) is 0 Å². The van der Waals surface area contributed by atoms with Crippen molar-refractivity contribution in [2.24, 2.45) is 10.9 Å². The van der Waals surface area contributed by atoms with E-state index in [1.54, 1.807) is 31.4 Å². The van der Waals surface area contributed by atoms with Crippen LogP contribution in [0.2, 0.25) is 0 Å². The van der Waals surface area contributed by atoms with Gasteiger partial charge in [0.15, 0.2) is 0 Å². The molecule has 0 spiro atoms. The highest BCUT2D eigenvalue weighted by molar-refractivity contribution is 6.19. The van der Waals surface area contributed by atoms with Crippen molar-refractivity contribution < 1.29 is 19.1 Å². The second-order valence-electron chi connectivity index (χ2n) is 7.96. The Morgan fingerprint density at radius 2 is 1.94 bits per heavy atom. The van der Waals surface area contributed by atoms with Gasteiger partial charge in [0.1, 0.15) is 11.5 Å². The molecule has 166 valence electrons. The smallest absolute Gasteiger partial charge is 0.326 e. The van der Waals surface area contributed by atoms with Gasteiger partial charge in [-0.15, -0.1) is 0 Å². The first kappa shape index (κ1) is 20.8. The lowest BCUT2D eigenvalue weighted by atomic mass is 9.85. The molecule has 1 N–H and O–H groups in total. The first-order valence-corrected chi connectivity index (χ1v) is 10.7. The molecule has 3 amide bonds. The first-order valence-electron chi connectivity index (χ1n) is 10.7. The van der Waals surface area contributed by atoms with Gasteiger partial charge in [-0.1, -0.05) is 24.3 Å². The Balaban J connectivity index is 1.36. The number of carbonyl (C=O) groups is 2. The van der Waals surface area contributed by atoms with E-state index in [-0.39, 0.29) is 11.9 Å². The van der Waals surface area contributed by atoms with E-state index in [1.807, 2.05) is 54.6 Å². The number of nitrogens with one attached hydrogen (secondary N) is 1. The Morgan fingerprint density at radius 1 is 1.12 bits per heavy atom. The molecule has 2 aromatic carbocycles. The third kappa shape index (κ3) is 3.82. The van der Waals surface area contributed by atoms with E-state index in [1.165, 1.54) is 0 Å². The number of ether oxygens (including phenoxy) is 2. The fraction of sp³-hybridized carbons (Fsp3) is 0.192. The molecule has 0 aromatic heterocycles. The summed E-state index contributed by atoms with van der Waals surface area (Å²) in [6, 6.07) is 13.1. The zero-order chi connectivity index (χ0) is 22.9. The SMILES string of the molecule is COC1=CC2=C(c3ccc(NC(=O)N4CCc5ccc(OC)cc54)cc3)C=NC(=O)C2C=C1. The third-order valence-corrected chi connectivity index (χ3v) is 6.10. The van der Waals surface area contributed by atoms with Gasteiger partial charge < -0.3 is 14.8 Å². The van der Waals surface area contributed by atoms with Gasteiger partial charge in [-0.3, -0.25) is 9.69 Å². The maximum Gasteiger partial charge on any atom is 0.326 e. The summed E-state index contributed by atoms with van der Waals surface area (Å²) < 4.78 is 10.6. The molecule has 1 unspecified atom stereocenters. The molecular weight excluding hydrogens is 418 g/mol. The second kappa shape index (κ2) is 8.43. The summed E-state index contributed by atoms with van der Waals surface area (Å²) in [4.78, 5) is 30.9. The summed E-state index contributed by atoms with van der Waals surface area (Å²) in [5.74, 6) is 0.813. The van der Waals surface area contributed by atoms with Crippen molar-refractivity contribution in [1.82, 2.24) is 0 Å². The number of rotatable bonds is 4. The molecule has 1 atom stereocenters. The molecule has 0 saturated heterocycles. The summed E-state index contributed by atoms with van der Waals surface area (Å²) in [5.41, 5.74) is 5.30. The van der Waals surface area contributed by atoms with Crippen LogP contribution in [0.1, 0.15) is 11.1 Å². The minimum atomic E-state index is -0.407. The molecule has 2 aliphatic heterocycles. The van der Waals surface area contributed by atoms with Gasteiger partial charge >= 0.3 is 6.03 Å². The second-order valence-corrected chi connectivity index (χ2v) is 7.96. The predicted octanol–water partition coefficient (Wildman–Crippen LogP) is 4.37. The largest absolute Gasteiger partial charge is 0.497 e. The summed E-state index contributed by atoms with van der Waals surface area (Å²) in [6.45, 7) is 0.621. The van der Waals surface area contributed by atoms with Crippen LogP contribution >= 0.6 is 0 Å². The van der Waals surface area contributed by atoms with Crippen LogP contribution in [0.25, 0.3) is 5.57 Å². The van der Waals surface area contributed by atoms with Crippen LogP contribution in [-0.4, -0.2) is 38.9 Å². The average molecular weight is 441 g/mol. The lowest BCUT2D eigenvalue weighted by Gasteiger charge is -2.23. The Kier molecular flexibility index (Phi) is 5.30. The van der Waals surface area contributed by atoms with Crippen LogP contribution in [0.5, 0.6) is 5.75 Å². The number of methoxy groups -OCH3 is 2. The van der Waals surface area contributed by atoms with E-state index < -0.39 is 5.92 Å². The zero-order valence-corrected chi connectivity index (χ0v) is 18.4. The van der Waals surface area contributed by atoms with Crippen LogP contribution in [0, 0.1) is 5.92 Å². The average Bonchev–Trinajstić information content (AvgIpc) is 3.28. The number of urea groups is 1. The predicted molar refractivity (Wildman–Crippen MR) is 128 cm³/mol. The fourth-order valence-electron chi connectivity index (χ4n) is 4.32. The monoisotopic (exact) mass is 441 g/mol. The molecule has 0 saturated carbocycles. The zero-order valence-electron chi connectivity index (χ0n) is 18.4. The quantitative estimate of drug-likeness (QED) is 0.764. The van der Waals surface area contributed by atoms with Gasteiger partial charge in [0.05, 0.1) is 25.8 Å². The van der Waals surface area contributed by atoms with Gasteiger partial charge in [-0.2, -0.15) is 0 Å². The van der Waals surface area contributed by atoms with Crippen molar-refractivity contribution in [3.8, 4) is 5.75 Å². The fourth-order valence-corrected chi connectivity index (χ4v) is 4.32. The highest BCUT2D eigenvalue weighted by Gasteiger charge is 2.28. The molecule has 7 nitrogen and oxygen atoms in total. The highest BCUT2D eigenvalue weighted by Crippen LogP contribution is 2.34. The van der Waals surface area contributed by atoms with Crippen LogP contribution in [0.3, 0.4) is 0 Å². The molecule has 1 aliphatic carbocycles. The summed E-state index contributed by atoms with van der Waals surface area (Å²) in [6.07, 6.45) is 7.88. The summed E-state index contributed by atoms with van der Waals surface area (Å²) >= 11 is 0. The number of fused-ring (bicyclic) bond motifs is 2. The van der Waals surface area contributed by atoms with Gasteiger partial charge in [-0.05, 0) is 53.5 Å². The maximum atomic E-state index is 12.9. The molecule has 5 rings (SSSR count). The number of dihydropyridines is 1. The lowest BCUT2D eigenvalue weighted by molar-refractivity contribution is -0.119. The molecule has 2 aromatic rings. The number of benzene rings is 2. The topological polar surface area (TPSA) is 80.2 Å². The molecule has 0 fully saturated rings. The Labute approximate surface area is 191 Å². The lowest BCUT2D eigenvalue weighted by Crippen LogP contribution is -2.33. The number of amides is 3. The van der Waals surface area contributed by atoms with E-state index >= 15 is 0 Å². The Hall–Kier alpha value is -4.13. The minimum absolute atomic E-state index is 0.188. The summed E-state index contributed by atoms with van der Waals surface area (Å²) in [5, 5.41) is 2.97. The van der Waals surface area contributed by atoms with Crippen molar-refractivity contribution in [3.63, 3.8) is 0 Å². The van der Waals surface area contributed by atoms with E-state index in [9.17, 15) is 9.59 Å². The number of hydrogen-bond acceptors (Lipinski definition) is 4. The number of aliphatic imine (C=N–C) groups is 1. The van der Waals surface area contributed by atoms with E-state index in [0.717, 1.165) is 40.1 Å². The highest BCUT2D eigenvalue weighted by atomic mass is 16.5. The van der Waals surface area contributed by atoms with Gasteiger partial charge in [-0.25, -0.2) is 9.79 Å². The van der Waals surface area contributed by atoms with Crippen molar-refractivity contribution in [2.45, 2.75) is 6.42 Å². The van der Waals surface area contributed by atoms with Crippen LogP contribution in [-0.2, 0) is 16.0 Å². The number of nitrogens with zero attached hydrogens (tertiary/aromatic N) is 2. The molecule has 3 aliphatic rings. The van der Waals surface area contributed by atoms with Gasteiger partial charge in [0, 0.05) is 30.1 Å². The molecular formula is C26H23N3O4. The standard InChI is InChI=1S/C26H23N3O4/c1-32-19-9-10-21-22(13-19)23(15-27-25(21)30)16-3-6-18(7-4-16)28-26(31)29-12-11-17-5-8-20(33-2)14-24(17)29/h3-10,13-15,21H,11-12H2,1-2H3,(H,28,31). The van der Waals surface area contributed by atoms with E-state index in [0.29, 0.717) is 18.0 Å². The molecule has 2 heterocycles. The molecule has 33 heavy (non-hydrogen) atoms. The number of allylic oxidation sites excluding steroid dienone is 3. The van der Waals surface area contributed by atoms with Crippen molar-refractivity contribution in [3.05, 3.63) is 83.2 Å². The minimum Gasteiger partial charge on any atom is -0.497 e. The number of anilines is 2. The van der Waals surface area contributed by atoms with Crippen LogP contribution in [0.4, 0.5) is 16.2 Å². The van der Waals surface area contributed by atoms with Crippen molar-refractivity contribution in [1.29, 1.82) is 0 Å². The molecule has 0 radical (unpaired) electrons. The normalized spacial score (nSPS) is 18.6. The van der Waals surface area contributed by atoms with E-state index in [2.05, 4.69) is 10.3 Å². The summed E-state index contributed by atoms with van der Waals surface area (Å²) in [7, 11) is 3.21. The maximum absolute atomic E-state index is 12.9. The number of carbonyl (C=O) groups excluding carboxylic acids is 2. The third-order valence-electron chi connectivity index (χ3n) is 6.10. The van der Waals surface area contributed by atoms with Gasteiger partial charge in [0.25, 0.3) is 5.91 Å².